The molecule has 0 spiro atoms. The third-order valence-electron chi connectivity index (χ3n) is 3.40. The molecule has 0 amide bonds. The van der Waals surface area contributed by atoms with Crippen LogP contribution in [-0.4, -0.2) is 0 Å². The van der Waals surface area contributed by atoms with Crippen LogP contribution in [0.25, 0.3) is 11.0 Å². The van der Waals surface area contributed by atoms with Gasteiger partial charge >= 0.3 is 0 Å². The first-order chi connectivity index (χ1) is 9.78. The van der Waals surface area contributed by atoms with Gasteiger partial charge in [0.2, 0.25) is 0 Å². The summed E-state index contributed by atoms with van der Waals surface area (Å²) in [5.74, 6) is 1.07. The summed E-state index contributed by atoms with van der Waals surface area (Å²) in [7, 11) is 0. The van der Waals surface area contributed by atoms with Crippen LogP contribution in [0.4, 0.5) is 5.69 Å². The van der Waals surface area contributed by atoms with Gasteiger partial charge in [-0.15, -0.1) is 0 Å². The van der Waals surface area contributed by atoms with Crippen molar-refractivity contribution in [3.8, 4) is 0 Å². The molecule has 0 radical (unpaired) electrons. The summed E-state index contributed by atoms with van der Waals surface area (Å²) < 4.78 is 7.16. The lowest BCUT2D eigenvalue weighted by Crippen LogP contribution is -2.01. The molecule has 2 nitrogen and oxygen atoms in total. The minimum atomic E-state index is 0.792. The van der Waals surface area contributed by atoms with E-state index in [4.69, 9.17) is 4.42 Å². The maximum absolute atomic E-state index is 5.92. The molecule has 2 aromatic carbocycles. The van der Waals surface area contributed by atoms with E-state index in [0.29, 0.717) is 0 Å². The summed E-state index contributed by atoms with van der Waals surface area (Å²) >= 11 is 2.33. The molecule has 0 fully saturated rings. The third-order valence-corrected chi connectivity index (χ3v) is 4.07. The number of halogens is 1. The van der Waals surface area contributed by atoms with Crippen molar-refractivity contribution in [1.29, 1.82) is 0 Å². The van der Waals surface area contributed by atoms with Crippen LogP contribution in [0.2, 0.25) is 0 Å². The van der Waals surface area contributed by atoms with Crippen molar-refractivity contribution in [2.75, 3.05) is 5.32 Å². The Kier molecular flexibility index (Phi) is 3.96. The van der Waals surface area contributed by atoms with Crippen LogP contribution in [0.15, 0.2) is 52.9 Å². The van der Waals surface area contributed by atoms with Crippen LogP contribution in [-0.2, 0) is 13.0 Å². The monoisotopic (exact) mass is 377 g/mol. The lowest BCUT2D eigenvalue weighted by atomic mass is 10.1. The molecule has 3 aromatic rings. The molecule has 0 saturated carbocycles. The molecular weight excluding hydrogens is 361 g/mol. The highest BCUT2D eigenvalue weighted by molar-refractivity contribution is 14.1. The average Bonchev–Trinajstić information content (AvgIpc) is 2.83. The Morgan fingerprint density at radius 3 is 2.75 bits per heavy atom. The molecule has 0 aliphatic heterocycles. The SMILES string of the molecule is CCc1oc2ccccc2c1CNc1cccc(I)c1. The van der Waals surface area contributed by atoms with E-state index < -0.39 is 0 Å². The predicted octanol–water partition coefficient (Wildman–Crippen LogP) is 5.21. The summed E-state index contributed by atoms with van der Waals surface area (Å²) in [6.07, 6.45) is 0.915. The largest absolute Gasteiger partial charge is 0.461 e. The van der Waals surface area contributed by atoms with E-state index in [1.54, 1.807) is 0 Å². The minimum Gasteiger partial charge on any atom is -0.461 e. The Morgan fingerprint density at radius 1 is 1.10 bits per heavy atom. The minimum absolute atomic E-state index is 0.792. The molecular formula is C17H16INO. The van der Waals surface area contributed by atoms with Gasteiger partial charge in [0, 0.05) is 33.2 Å². The predicted molar refractivity (Wildman–Crippen MR) is 92.1 cm³/mol. The Hall–Kier alpha value is -1.49. The zero-order valence-corrected chi connectivity index (χ0v) is 13.5. The molecule has 1 aromatic heterocycles. The molecule has 102 valence electrons. The number of hydrogen-bond acceptors (Lipinski definition) is 2. The molecule has 1 N–H and O–H groups in total. The van der Waals surface area contributed by atoms with Gasteiger partial charge in [0.15, 0.2) is 0 Å². The van der Waals surface area contributed by atoms with Crippen LogP contribution in [0.3, 0.4) is 0 Å². The second kappa shape index (κ2) is 5.87. The number of rotatable bonds is 4. The molecule has 20 heavy (non-hydrogen) atoms. The Bertz CT molecular complexity index is 733. The molecule has 0 unspecified atom stereocenters. The first-order valence-electron chi connectivity index (χ1n) is 6.76. The summed E-state index contributed by atoms with van der Waals surface area (Å²) in [6.45, 7) is 2.92. The normalized spacial score (nSPS) is 10.9. The second-order valence-electron chi connectivity index (χ2n) is 4.72. The fourth-order valence-corrected chi connectivity index (χ4v) is 2.96. The van der Waals surface area contributed by atoms with Crippen molar-refractivity contribution in [1.82, 2.24) is 0 Å². The van der Waals surface area contributed by atoms with Crippen LogP contribution >= 0.6 is 22.6 Å². The molecule has 1 heterocycles. The first kappa shape index (κ1) is 13.5. The van der Waals surface area contributed by atoms with Crippen molar-refractivity contribution < 1.29 is 4.42 Å². The lowest BCUT2D eigenvalue weighted by Gasteiger charge is -2.07. The topological polar surface area (TPSA) is 25.2 Å². The van der Waals surface area contributed by atoms with Gasteiger partial charge in [-0.1, -0.05) is 31.2 Å². The van der Waals surface area contributed by atoms with Crippen molar-refractivity contribution in [3.05, 3.63) is 63.4 Å². The smallest absolute Gasteiger partial charge is 0.134 e. The molecule has 0 saturated heterocycles. The van der Waals surface area contributed by atoms with Crippen molar-refractivity contribution in [3.63, 3.8) is 0 Å². The first-order valence-corrected chi connectivity index (χ1v) is 7.84. The highest BCUT2D eigenvalue weighted by Gasteiger charge is 2.11. The van der Waals surface area contributed by atoms with Crippen LogP contribution in [0, 0.1) is 3.57 Å². The van der Waals surface area contributed by atoms with E-state index in [1.165, 1.54) is 14.5 Å². The van der Waals surface area contributed by atoms with Crippen LogP contribution in [0.1, 0.15) is 18.2 Å². The molecule has 0 atom stereocenters. The van der Waals surface area contributed by atoms with Gasteiger partial charge in [-0.3, -0.25) is 0 Å². The third kappa shape index (κ3) is 2.68. The highest BCUT2D eigenvalue weighted by Crippen LogP contribution is 2.27. The van der Waals surface area contributed by atoms with E-state index >= 15 is 0 Å². The fourth-order valence-electron chi connectivity index (χ4n) is 2.42. The van der Waals surface area contributed by atoms with E-state index in [2.05, 4.69) is 71.2 Å². The average molecular weight is 377 g/mol. The van der Waals surface area contributed by atoms with Gasteiger partial charge in [-0.05, 0) is 46.9 Å². The maximum Gasteiger partial charge on any atom is 0.134 e. The molecule has 0 aliphatic carbocycles. The van der Waals surface area contributed by atoms with Gasteiger partial charge in [-0.2, -0.15) is 0 Å². The Labute approximate surface area is 132 Å². The zero-order valence-electron chi connectivity index (χ0n) is 11.3. The van der Waals surface area contributed by atoms with Crippen molar-refractivity contribution in [2.24, 2.45) is 0 Å². The summed E-state index contributed by atoms with van der Waals surface area (Å²) in [5, 5.41) is 4.70. The number of fused-ring (bicyclic) bond motifs is 1. The van der Waals surface area contributed by atoms with Crippen molar-refractivity contribution in [2.45, 2.75) is 19.9 Å². The number of benzene rings is 2. The van der Waals surface area contributed by atoms with Gasteiger partial charge in [0.1, 0.15) is 11.3 Å². The number of hydrogen-bond donors (Lipinski definition) is 1. The van der Waals surface area contributed by atoms with Crippen LogP contribution in [0.5, 0.6) is 0 Å². The zero-order chi connectivity index (χ0) is 13.9. The summed E-state index contributed by atoms with van der Waals surface area (Å²) in [5.41, 5.74) is 3.38. The number of nitrogens with one attached hydrogen (secondary N) is 1. The summed E-state index contributed by atoms with van der Waals surface area (Å²) in [4.78, 5) is 0. The number of para-hydroxylation sites is 1. The Balaban J connectivity index is 1.90. The van der Waals surface area contributed by atoms with E-state index in [1.807, 2.05) is 12.1 Å². The van der Waals surface area contributed by atoms with Gasteiger partial charge in [0.05, 0.1) is 0 Å². The highest BCUT2D eigenvalue weighted by atomic mass is 127. The molecule has 3 heteroatoms. The Morgan fingerprint density at radius 2 is 1.95 bits per heavy atom. The second-order valence-corrected chi connectivity index (χ2v) is 5.96. The van der Waals surface area contributed by atoms with Crippen LogP contribution < -0.4 is 5.32 Å². The quantitative estimate of drug-likeness (QED) is 0.632. The van der Waals surface area contributed by atoms with Gasteiger partial charge in [0.25, 0.3) is 0 Å². The number of anilines is 1. The number of furan rings is 1. The van der Waals surface area contributed by atoms with E-state index in [9.17, 15) is 0 Å². The van der Waals surface area contributed by atoms with Gasteiger partial charge < -0.3 is 9.73 Å². The molecule has 0 aliphatic rings. The number of aryl methyl sites for hydroxylation is 1. The standard InChI is InChI=1S/C17H16INO/c1-2-16-15(14-8-3-4-9-17(14)20-16)11-19-13-7-5-6-12(18)10-13/h3-10,19H,2,11H2,1H3. The maximum atomic E-state index is 5.92. The van der Waals surface area contributed by atoms with Crippen molar-refractivity contribution >= 4 is 39.2 Å². The molecule has 0 bridgehead atoms. The lowest BCUT2D eigenvalue weighted by molar-refractivity contribution is 0.551. The fraction of sp³-hybridized carbons (Fsp3) is 0.176. The van der Waals surface area contributed by atoms with E-state index in [-0.39, 0.29) is 0 Å². The molecule has 3 rings (SSSR count). The van der Waals surface area contributed by atoms with Gasteiger partial charge in [-0.25, -0.2) is 0 Å². The van der Waals surface area contributed by atoms with E-state index in [0.717, 1.165) is 30.0 Å². The summed E-state index contributed by atoms with van der Waals surface area (Å²) in [6, 6.07) is 16.6.